The Morgan fingerprint density at radius 2 is 1.77 bits per heavy atom. The lowest BCUT2D eigenvalue weighted by atomic mass is 10.1. The minimum atomic E-state index is -0.00971. The van der Waals surface area contributed by atoms with Crippen molar-refractivity contribution in [2.45, 2.75) is 64.7 Å². The number of morpholine rings is 1. The SMILES string of the molecule is CC1CN(C(=O)c2ccc(CNC(=O)c3cc4c(s3)CCCCC4)cc2)CC(C)O1. The Morgan fingerprint density at radius 1 is 1.07 bits per heavy atom. The maximum Gasteiger partial charge on any atom is 0.261 e. The molecule has 2 unspecified atom stereocenters. The second-order valence-corrected chi connectivity index (χ2v) is 9.60. The molecule has 2 heterocycles. The van der Waals surface area contributed by atoms with Gasteiger partial charge in [-0.05, 0) is 68.9 Å². The number of hydrogen-bond donors (Lipinski definition) is 1. The molecule has 0 saturated carbocycles. The molecule has 0 spiro atoms. The van der Waals surface area contributed by atoms with Gasteiger partial charge < -0.3 is 15.0 Å². The summed E-state index contributed by atoms with van der Waals surface area (Å²) in [5, 5.41) is 3.02. The number of carbonyl (C=O) groups excluding carboxylic acids is 2. The predicted octanol–water partition coefficient (Wildman–Crippen LogP) is 4.20. The van der Waals surface area contributed by atoms with E-state index >= 15 is 0 Å². The maximum absolute atomic E-state index is 12.8. The van der Waals surface area contributed by atoms with Crippen LogP contribution in [0.5, 0.6) is 0 Å². The number of thiophene rings is 1. The molecular weight excluding hydrogens is 396 g/mol. The lowest BCUT2D eigenvalue weighted by molar-refractivity contribution is -0.0586. The molecule has 30 heavy (non-hydrogen) atoms. The molecule has 1 saturated heterocycles. The Labute approximate surface area is 182 Å². The smallest absolute Gasteiger partial charge is 0.261 e. The maximum atomic E-state index is 12.8. The number of fused-ring (bicyclic) bond motifs is 1. The van der Waals surface area contributed by atoms with Crippen molar-refractivity contribution in [3.8, 4) is 0 Å². The molecular formula is C24H30N2O3S. The van der Waals surface area contributed by atoms with Gasteiger partial charge in [0.05, 0.1) is 17.1 Å². The molecule has 2 atom stereocenters. The van der Waals surface area contributed by atoms with E-state index in [1.807, 2.05) is 43.0 Å². The predicted molar refractivity (Wildman–Crippen MR) is 119 cm³/mol. The van der Waals surface area contributed by atoms with Crippen LogP contribution in [0, 0.1) is 0 Å². The summed E-state index contributed by atoms with van der Waals surface area (Å²) in [6.45, 7) is 5.68. The molecule has 1 N–H and O–H groups in total. The summed E-state index contributed by atoms with van der Waals surface area (Å²) in [5.41, 5.74) is 3.02. The summed E-state index contributed by atoms with van der Waals surface area (Å²) in [6.07, 6.45) is 6.03. The lowest BCUT2D eigenvalue weighted by Gasteiger charge is -2.35. The van der Waals surface area contributed by atoms with Crippen LogP contribution in [0.25, 0.3) is 0 Å². The van der Waals surface area contributed by atoms with E-state index in [-0.39, 0.29) is 24.0 Å². The Balaban J connectivity index is 1.33. The zero-order valence-electron chi connectivity index (χ0n) is 17.8. The minimum Gasteiger partial charge on any atom is -0.372 e. The number of amides is 2. The average Bonchev–Trinajstić information content (AvgIpc) is 3.02. The molecule has 5 nitrogen and oxygen atoms in total. The molecule has 2 aromatic rings. The average molecular weight is 427 g/mol. The molecule has 1 aliphatic carbocycles. The highest BCUT2D eigenvalue weighted by Crippen LogP contribution is 2.29. The number of rotatable bonds is 4. The standard InChI is InChI=1S/C24H30N2O3S/c1-16-14-26(15-17(2)29-16)24(28)19-10-8-18(9-11-19)13-25-23(27)22-12-20-6-4-3-5-7-21(20)30-22/h8-12,16-17H,3-7,13-15H2,1-2H3,(H,25,27). The van der Waals surface area contributed by atoms with Gasteiger partial charge in [-0.25, -0.2) is 0 Å². The molecule has 1 fully saturated rings. The molecule has 1 aliphatic heterocycles. The van der Waals surface area contributed by atoms with E-state index in [9.17, 15) is 9.59 Å². The van der Waals surface area contributed by atoms with Gasteiger partial charge in [0.2, 0.25) is 0 Å². The summed E-state index contributed by atoms with van der Waals surface area (Å²) in [5.74, 6) is 0.0252. The first kappa shape index (κ1) is 21.1. The molecule has 0 radical (unpaired) electrons. The van der Waals surface area contributed by atoms with Gasteiger partial charge in [-0.1, -0.05) is 18.6 Å². The topological polar surface area (TPSA) is 58.6 Å². The Morgan fingerprint density at radius 3 is 2.50 bits per heavy atom. The van der Waals surface area contributed by atoms with Crippen LogP contribution in [0.2, 0.25) is 0 Å². The summed E-state index contributed by atoms with van der Waals surface area (Å²) in [7, 11) is 0. The van der Waals surface area contributed by atoms with Crippen LogP contribution in [0.3, 0.4) is 0 Å². The van der Waals surface area contributed by atoms with Crippen molar-refractivity contribution in [1.82, 2.24) is 10.2 Å². The van der Waals surface area contributed by atoms with E-state index in [1.54, 1.807) is 11.3 Å². The van der Waals surface area contributed by atoms with E-state index in [1.165, 1.54) is 29.7 Å². The van der Waals surface area contributed by atoms with E-state index in [0.29, 0.717) is 25.2 Å². The van der Waals surface area contributed by atoms with Crippen molar-refractivity contribution < 1.29 is 14.3 Å². The van der Waals surface area contributed by atoms with Gasteiger partial charge in [-0.15, -0.1) is 11.3 Å². The number of hydrogen-bond acceptors (Lipinski definition) is 4. The fourth-order valence-corrected chi connectivity index (χ4v) is 5.51. The van der Waals surface area contributed by atoms with Gasteiger partial charge >= 0.3 is 0 Å². The van der Waals surface area contributed by atoms with Crippen molar-refractivity contribution in [1.29, 1.82) is 0 Å². The van der Waals surface area contributed by atoms with E-state index < -0.39 is 0 Å². The quantitative estimate of drug-likeness (QED) is 0.746. The second-order valence-electron chi connectivity index (χ2n) is 8.47. The van der Waals surface area contributed by atoms with E-state index in [4.69, 9.17) is 4.74 Å². The Hall–Kier alpha value is -2.18. The largest absolute Gasteiger partial charge is 0.372 e. The number of ether oxygens (including phenoxy) is 1. The second kappa shape index (κ2) is 9.31. The van der Waals surface area contributed by atoms with E-state index in [2.05, 4.69) is 11.4 Å². The number of carbonyl (C=O) groups is 2. The van der Waals surface area contributed by atoms with Crippen LogP contribution >= 0.6 is 11.3 Å². The van der Waals surface area contributed by atoms with Crippen LogP contribution in [-0.4, -0.2) is 42.0 Å². The first-order valence-electron chi connectivity index (χ1n) is 10.9. The summed E-state index contributed by atoms with van der Waals surface area (Å²) in [4.78, 5) is 29.4. The number of nitrogens with zero attached hydrogens (tertiary/aromatic N) is 1. The summed E-state index contributed by atoms with van der Waals surface area (Å²) >= 11 is 1.64. The van der Waals surface area contributed by atoms with Crippen LogP contribution in [0.15, 0.2) is 30.3 Å². The lowest BCUT2D eigenvalue weighted by Crippen LogP contribution is -2.48. The van der Waals surface area contributed by atoms with Crippen LogP contribution in [0.1, 0.15) is 69.1 Å². The fourth-order valence-electron chi connectivity index (χ4n) is 4.34. The van der Waals surface area contributed by atoms with Crippen LogP contribution in [0.4, 0.5) is 0 Å². The van der Waals surface area contributed by atoms with Gasteiger partial charge in [-0.2, -0.15) is 0 Å². The molecule has 2 aliphatic rings. The van der Waals surface area contributed by atoms with Gasteiger partial charge in [0.15, 0.2) is 0 Å². The van der Waals surface area contributed by atoms with Crippen molar-refractivity contribution in [2.75, 3.05) is 13.1 Å². The Kier molecular flexibility index (Phi) is 6.54. The molecule has 2 amide bonds. The molecule has 0 bridgehead atoms. The zero-order chi connectivity index (χ0) is 21.1. The molecule has 1 aromatic heterocycles. The molecule has 1 aromatic carbocycles. The van der Waals surface area contributed by atoms with Crippen molar-refractivity contribution in [3.05, 3.63) is 56.8 Å². The van der Waals surface area contributed by atoms with Crippen molar-refractivity contribution in [3.63, 3.8) is 0 Å². The highest BCUT2D eigenvalue weighted by Gasteiger charge is 2.26. The van der Waals surface area contributed by atoms with Crippen LogP contribution < -0.4 is 5.32 Å². The third-order valence-corrected chi connectivity index (χ3v) is 7.07. The normalized spacial score (nSPS) is 21.6. The first-order chi connectivity index (χ1) is 14.5. The van der Waals surface area contributed by atoms with Gasteiger partial charge in [0.25, 0.3) is 11.8 Å². The van der Waals surface area contributed by atoms with E-state index in [0.717, 1.165) is 23.3 Å². The van der Waals surface area contributed by atoms with Gasteiger partial charge in [-0.3, -0.25) is 9.59 Å². The monoisotopic (exact) mass is 426 g/mol. The fraction of sp³-hybridized carbons (Fsp3) is 0.500. The zero-order valence-corrected chi connectivity index (χ0v) is 18.6. The third-order valence-electron chi connectivity index (χ3n) is 5.83. The summed E-state index contributed by atoms with van der Waals surface area (Å²) < 4.78 is 5.71. The minimum absolute atomic E-state index is 0.00971. The highest BCUT2D eigenvalue weighted by atomic mass is 32.1. The summed E-state index contributed by atoms with van der Waals surface area (Å²) in [6, 6.07) is 9.62. The highest BCUT2D eigenvalue weighted by molar-refractivity contribution is 7.14. The number of benzene rings is 1. The molecule has 6 heteroatoms. The number of aryl methyl sites for hydroxylation is 2. The van der Waals surface area contributed by atoms with Crippen molar-refractivity contribution in [2.24, 2.45) is 0 Å². The van der Waals surface area contributed by atoms with Gasteiger partial charge in [0, 0.05) is 30.1 Å². The molecule has 160 valence electrons. The number of nitrogens with one attached hydrogen (secondary N) is 1. The Bertz CT molecular complexity index is 872. The van der Waals surface area contributed by atoms with Crippen LogP contribution in [-0.2, 0) is 24.1 Å². The van der Waals surface area contributed by atoms with Gasteiger partial charge in [0.1, 0.15) is 0 Å². The first-order valence-corrected chi connectivity index (χ1v) is 11.7. The molecule has 4 rings (SSSR count). The van der Waals surface area contributed by atoms with Crippen molar-refractivity contribution >= 4 is 23.2 Å². The third kappa shape index (κ3) is 4.93.